The first-order valence-electron chi connectivity index (χ1n) is 6.25. The number of aryl methyl sites for hydroxylation is 1. The Hall–Kier alpha value is -1.46. The Morgan fingerprint density at radius 3 is 2.90 bits per heavy atom. The van der Waals surface area contributed by atoms with E-state index in [4.69, 9.17) is 11.6 Å². The molecule has 3 aromatic rings. The van der Waals surface area contributed by atoms with Crippen LogP contribution in [0.4, 0.5) is 4.39 Å². The molecule has 1 unspecified atom stereocenters. The van der Waals surface area contributed by atoms with Gasteiger partial charge in [-0.05, 0) is 32.0 Å². The Kier molecular flexibility index (Phi) is 3.48. The fourth-order valence-electron chi connectivity index (χ4n) is 2.22. The van der Waals surface area contributed by atoms with Crippen LogP contribution in [0.15, 0.2) is 24.4 Å². The fourth-order valence-corrected chi connectivity index (χ4v) is 3.17. The standard InChI is InChI=1S/C14H13ClFN3S/c1-8(15)14-18-12-4-3-10(16)5-13(12)19(14)7-11-6-17-9(2)20-11/h3-6,8H,7H2,1-2H3. The molecule has 3 nitrogen and oxygen atoms in total. The van der Waals surface area contributed by atoms with Crippen molar-refractivity contribution in [1.29, 1.82) is 0 Å². The Bertz CT molecular complexity index is 763. The van der Waals surface area contributed by atoms with Gasteiger partial charge in [0.05, 0.1) is 28.0 Å². The number of rotatable bonds is 3. The first-order chi connectivity index (χ1) is 9.54. The molecule has 3 rings (SSSR count). The summed E-state index contributed by atoms with van der Waals surface area (Å²) >= 11 is 7.82. The minimum absolute atomic E-state index is 0.237. The van der Waals surface area contributed by atoms with E-state index >= 15 is 0 Å². The van der Waals surface area contributed by atoms with Crippen LogP contribution in [0.2, 0.25) is 0 Å². The van der Waals surface area contributed by atoms with Crippen molar-refractivity contribution in [3.63, 3.8) is 0 Å². The molecule has 104 valence electrons. The quantitative estimate of drug-likeness (QED) is 0.676. The van der Waals surface area contributed by atoms with Crippen molar-refractivity contribution in [2.24, 2.45) is 0 Å². The van der Waals surface area contributed by atoms with Gasteiger partial charge in [0.15, 0.2) is 0 Å². The highest BCUT2D eigenvalue weighted by molar-refractivity contribution is 7.11. The molecule has 0 spiro atoms. The highest BCUT2D eigenvalue weighted by atomic mass is 35.5. The Balaban J connectivity index is 2.15. The molecule has 0 saturated heterocycles. The lowest BCUT2D eigenvalue weighted by atomic mass is 10.3. The molecule has 0 amide bonds. The van der Waals surface area contributed by atoms with Gasteiger partial charge < -0.3 is 4.57 Å². The van der Waals surface area contributed by atoms with E-state index in [9.17, 15) is 4.39 Å². The molecule has 0 N–H and O–H groups in total. The number of alkyl halides is 1. The number of aromatic nitrogens is 3. The van der Waals surface area contributed by atoms with Crippen molar-refractivity contribution in [1.82, 2.24) is 14.5 Å². The molecule has 20 heavy (non-hydrogen) atoms. The summed E-state index contributed by atoms with van der Waals surface area (Å²) < 4.78 is 15.4. The van der Waals surface area contributed by atoms with Crippen molar-refractivity contribution in [3.8, 4) is 0 Å². The highest BCUT2D eigenvalue weighted by Gasteiger charge is 2.16. The third-order valence-corrected chi connectivity index (χ3v) is 4.17. The zero-order valence-electron chi connectivity index (χ0n) is 11.1. The smallest absolute Gasteiger partial charge is 0.128 e. The third-order valence-electron chi connectivity index (χ3n) is 3.08. The SMILES string of the molecule is Cc1ncc(Cn2c(C(C)Cl)nc3ccc(F)cc32)s1. The van der Waals surface area contributed by atoms with Gasteiger partial charge in [-0.25, -0.2) is 14.4 Å². The van der Waals surface area contributed by atoms with Gasteiger partial charge in [-0.1, -0.05) is 0 Å². The van der Waals surface area contributed by atoms with Gasteiger partial charge in [-0.3, -0.25) is 0 Å². The summed E-state index contributed by atoms with van der Waals surface area (Å²) in [4.78, 5) is 9.85. The number of hydrogen-bond acceptors (Lipinski definition) is 3. The van der Waals surface area contributed by atoms with Crippen molar-refractivity contribution in [3.05, 3.63) is 45.9 Å². The molecule has 1 aromatic carbocycles. The predicted octanol–water partition coefficient (Wildman–Crippen LogP) is 4.29. The minimum atomic E-state index is -0.270. The van der Waals surface area contributed by atoms with E-state index in [1.54, 1.807) is 17.4 Å². The van der Waals surface area contributed by atoms with Crippen molar-refractivity contribution in [2.45, 2.75) is 25.8 Å². The number of thiazole rings is 1. The first-order valence-corrected chi connectivity index (χ1v) is 7.51. The number of nitrogens with zero attached hydrogens (tertiary/aromatic N) is 3. The lowest BCUT2D eigenvalue weighted by Crippen LogP contribution is -2.04. The normalized spacial score (nSPS) is 13.0. The van der Waals surface area contributed by atoms with E-state index in [-0.39, 0.29) is 11.2 Å². The second-order valence-electron chi connectivity index (χ2n) is 4.65. The molecule has 0 bridgehead atoms. The molecular formula is C14H13ClFN3S. The van der Waals surface area contributed by atoms with E-state index in [2.05, 4.69) is 9.97 Å². The summed E-state index contributed by atoms with van der Waals surface area (Å²) in [5, 5.41) is 0.774. The van der Waals surface area contributed by atoms with Gasteiger partial charge in [0.1, 0.15) is 11.6 Å². The van der Waals surface area contributed by atoms with Crippen molar-refractivity contribution in [2.75, 3.05) is 0 Å². The minimum Gasteiger partial charge on any atom is -0.321 e. The third kappa shape index (κ3) is 2.43. The Morgan fingerprint density at radius 2 is 2.25 bits per heavy atom. The fraction of sp³-hybridized carbons (Fsp3) is 0.286. The topological polar surface area (TPSA) is 30.7 Å². The molecule has 2 aromatic heterocycles. The summed E-state index contributed by atoms with van der Waals surface area (Å²) in [6, 6.07) is 4.60. The summed E-state index contributed by atoms with van der Waals surface area (Å²) in [5.74, 6) is 0.478. The van der Waals surface area contributed by atoms with E-state index in [1.165, 1.54) is 12.1 Å². The van der Waals surface area contributed by atoms with Crippen LogP contribution < -0.4 is 0 Å². The molecule has 6 heteroatoms. The monoisotopic (exact) mass is 309 g/mol. The van der Waals surface area contributed by atoms with Gasteiger partial charge in [0, 0.05) is 11.1 Å². The van der Waals surface area contributed by atoms with Gasteiger partial charge in [0.2, 0.25) is 0 Å². The molecule has 0 aliphatic carbocycles. The second kappa shape index (κ2) is 5.14. The maximum atomic E-state index is 13.5. The van der Waals surface area contributed by atoms with Crippen molar-refractivity contribution >= 4 is 34.0 Å². The maximum absolute atomic E-state index is 13.5. The Morgan fingerprint density at radius 1 is 1.45 bits per heavy atom. The van der Waals surface area contributed by atoms with Crippen LogP contribution >= 0.6 is 22.9 Å². The highest BCUT2D eigenvalue weighted by Crippen LogP contribution is 2.27. The van der Waals surface area contributed by atoms with Gasteiger partial charge >= 0.3 is 0 Å². The van der Waals surface area contributed by atoms with E-state index in [1.807, 2.05) is 24.6 Å². The maximum Gasteiger partial charge on any atom is 0.128 e. The number of benzene rings is 1. The number of imidazole rings is 1. The number of halogens is 2. The zero-order chi connectivity index (χ0) is 14.3. The van der Waals surface area contributed by atoms with Gasteiger partial charge in [-0.15, -0.1) is 22.9 Å². The van der Waals surface area contributed by atoms with Gasteiger partial charge in [0.25, 0.3) is 0 Å². The van der Waals surface area contributed by atoms with Crippen LogP contribution in [0, 0.1) is 12.7 Å². The van der Waals surface area contributed by atoms with Crippen LogP contribution in [0.5, 0.6) is 0 Å². The molecule has 0 fully saturated rings. The summed E-state index contributed by atoms with van der Waals surface area (Å²) in [6.07, 6.45) is 1.84. The average molecular weight is 310 g/mol. The van der Waals surface area contributed by atoms with Crippen LogP contribution in [0.1, 0.15) is 28.0 Å². The van der Waals surface area contributed by atoms with E-state index in [0.29, 0.717) is 6.54 Å². The molecule has 1 atom stereocenters. The number of fused-ring (bicyclic) bond motifs is 1. The lowest BCUT2D eigenvalue weighted by Gasteiger charge is -2.09. The zero-order valence-corrected chi connectivity index (χ0v) is 12.7. The lowest BCUT2D eigenvalue weighted by molar-refractivity contribution is 0.628. The summed E-state index contributed by atoms with van der Waals surface area (Å²) in [6.45, 7) is 4.44. The van der Waals surface area contributed by atoms with Crippen molar-refractivity contribution < 1.29 is 4.39 Å². The van der Waals surface area contributed by atoms with Crippen LogP contribution in [-0.4, -0.2) is 14.5 Å². The van der Waals surface area contributed by atoms with Crippen LogP contribution in [0.3, 0.4) is 0 Å². The summed E-state index contributed by atoms with van der Waals surface area (Å²) in [7, 11) is 0. The largest absolute Gasteiger partial charge is 0.321 e. The second-order valence-corrected chi connectivity index (χ2v) is 6.62. The van der Waals surface area contributed by atoms with E-state index in [0.717, 1.165) is 26.7 Å². The predicted molar refractivity (Wildman–Crippen MR) is 79.9 cm³/mol. The Labute approximate surface area is 125 Å². The number of hydrogen-bond donors (Lipinski definition) is 0. The molecule has 0 radical (unpaired) electrons. The molecular weight excluding hydrogens is 297 g/mol. The van der Waals surface area contributed by atoms with Crippen LogP contribution in [0.25, 0.3) is 11.0 Å². The molecule has 0 aliphatic rings. The summed E-state index contributed by atoms with van der Waals surface area (Å²) in [5.41, 5.74) is 1.52. The van der Waals surface area contributed by atoms with Gasteiger partial charge in [-0.2, -0.15) is 0 Å². The van der Waals surface area contributed by atoms with E-state index < -0.39 is 0 Å². The molecule has 2 heterocycles. The first kappa shape index (κ1) is 13.5. The molecule has 0 saturated carbocycles. The average Bonchev–Trinajstić information content (AvgIpc) is 2.95. The van der Waals surface area contributed by atoms with Crippen LogP contribution in [-0.2, 0) is 6.54 Å². The molecule has 0 aliphatic heterocycles.